The van der Waals surface area contributed by atoms with E-state index >= 15 is 0 Å². The Labute approximate surface area is 385 Å². The SMILES string of the molecule is CC(C)(C)c1ccc(N2B3c4cc(C(C)(C)C)ccc4-n4c5ccc(C(C)(C)C)cc5c5c6c(oc7ccccc76)c(c3c54)-c3cc4c(cc32)-c2ccc(C(C)(C)C)cc2C4(C)C)cc1. The molecule has 0 amide bonds. The van der Waals surface area contributed by atoms with Crippen molar-refractivity contribution in [3.8, 4) is 27.9 Å². The molecule has 0 spiro atoms. The summed E-state index contributed by atoms with van der Waals surface area (Å²) >= 11 is 0. The lowest BCUT2D eigenvalue weighted by atomic mass is 9.43. The van der Waals surface area contributed by atoms with Gasteiger partial charge in [-0.25, -0.2) is 0 Å². The summed E-state index contributed by atoms with van der Waals surface area (Å²) in [6, 6.07) is 45.3. The maximum atomic E-state index is 7.36. The average Bonchev–Trinajstić information content (AvgIpc) is 3.86. The smallest absolute Gasteiger partial charge is 0.333 e. The number of rotatable bonds is 1. The van der Waals surface area contributed by atoms with Crippen LogP contribution in [0.3, 0.4) is 0 Å². The third kappa shape index (κ3) is 5.49. The standard InChI is InChI=1S/C61H61BN2O/c1-57(2,3)34-19-24-38(25-20-34)64-49-33-41-39-26-21-36(59(7,8)9)30-44(39)61(13,14)45(41)32-43(49)53-54-55-51(52-40-17-15-16-18-50(40)65-56(52)53)42-29-35(58(4,5)6)22-27-47(42)63(55)48-28-23-37(60(10,11)12)31-46(48)62(54)64/h15-33H,1-14H3. The summed E-state index contributed by atoms with van der Waals surface area (Å²) in [5.41, 5.74) is 23.8. The van der Waals surface area contributed by atoms with Gasteiger partial charge in [0.2, 0.25) is 0 Å². The minimum atomic E-state index is -0.211. The molecule has 12 rings (SSSR count). The highest BCUT2D eigenvalue weighted by molar-refractivity contribution is 6.94. The predicted octanol–water partition coefficient (Wildman–Crippen LogP) is 15.4. The van der Waals surface area contributed by atoms with Gasteiger partial charge in [-0.05, 0) is 126 Å². The first-order valence-electron chi connectivity index (χ1n) is 23.9. The average molecular weight is 849 g/mol. The minimum Gasteiger partial charge on any atom is -0.455 e. The summed E-state index contributed by atoms with van der Waals surface area (Å²) in [7, 11) is 0. The number of nitrogens with zero attached hydrogens (tertiary/aromatic N) is 2. The normalized spacial score (nSPS) is 15.3. The van der Waals surface area contributed by atoms with Gasteiger partial charge in [0.05, 0.1) is 11.0 Å². The first-order valence-corrected chi connectivity index (χ1v) is 23.9. The van der Waals surface area contributed by atoms with Crippen molar-refractivity contribution in [2.75, 3.05) is 4.81 Å². The molecule has 0 N–H and O–H groups in total. The first kappa shape index (κ1) is 40.5. The van der Waals surface area contributed by atoms with Gasteiger partial charge in [-0.15, -0.1) is 0 Å². The Morgan fingerprint density at radius 2 is 1.11 bits per heavy atom. The Morgan fingerprint density at radius 1 is 0.508 bits per heavy atom. The second kappa shape index (κ2) is 12.7. The third-order valence-corrected chi connectivity index (χ3v) is 15.6. The van der Waals surface area contributed by atoms with Gasteiger partial charge in [-0.2, -0.15) is 0 Å². The zero-order valence-electron chi connectivity index (χ0n) is 40.8. The minimum absolute atomic E-state index is 0.0238. The van der Waals surface area contributed by atoms with Crippen LogP contribution in [0.25, 0.3) is 71.7 Å². The molecular weight excluding hydrogens is 787 g/mol. The van der Waals surface area contributed by atoms with Crippen molar-refractivity contribution in [1.82, 2.24) is 4.57 Å². The maximum Gasteiger partial charge on any atom is 0.333 e. The molecule has 0 saturated carbocycles. The van der Waals surface area contributed by atoms with Gasteiger partial charge in [-0.1, -0.05) is 164 Å². The van der Waals surface area contributed by atoms with Crippen molar-refractivity contribution in [2.24, 2.45) is 0 Å². The summed E-state index contributed by atoms with van der Waals surface area (Å²) < 4.78 is 9.99. The molecule has 0 radical (unpaired) electrons. The molecule has 0 bridgehead atoms. The van der Waals surface area contributed by atoms with E-state index in [1.807, 2.05) is 0 Å². The Morgan fingerprint density at radius 3 is 1.80 bits per heavy atom. The number of furan rings is 1. The Balaban J connectivity index is 1.30. The van der Waals surface area contributed by atoms with Crippen LogP contribution in [0.1, 0.15) is 130 Å². The van der Waals surface area contributed by atoms with Gasteiger partial charge in [0.1, 0.15) is 11.2 Å². The molecule has 4 heterocycles. The molecular formula is C61H61BN2O. The fourth-order valence-electron chi connectivity index (χ4n) is 11.8. The van der Waals surface area contributed by atoms with Crippen LogP contribution < -0.4 is 15.7 Å². The van der Waals surface area contributed by atoms with E-state index in [4.69, 9.17) is 4.42 Å². The van der Waals surface area contributed by atoms with Crippen LogP contribution in [0.4, 0.5) is 11.4 Å². The third-order valence-electron chi connectivity index (χ3n) is 15.6. The van der Waals surface area contributed by atoms with Crippen LogP contribution in [-0.4, -0.2) is 11.4 Å². The molecule has 9 aromatic rings. The summed E-state index contributed by atoms with van der Waals surface area (Å²) in [5.74, 6) is 0. The van der Waals surface area contributed by atoms with E-state index < -0.39 is 0 Å². The lowest BCUT2D eigenvalue weighted by Crippen LogP contribution is -2.60. The van der Waals surface area contributed by atoms with Crippen molar-refractivity contribution < 1.29 is 4.42 Å². The van der Waals surface area contributed by atoms with Crippen molar-refractivity contribution in [3.63, 3.8) is 0 Å². The van der Waals surface area contributed by atoms with Crippen LogP contribution in [0.15, 0.2) is 120 Å². The zero-order valence-corrected chi connectivity index (χ0v) is 40.8. The van der Waals surface area contributed by atoms with Crippen molar-refractivity contribution >= 4 is 72.9 Å². The molecule has 0 fully saturated rings. The van der Waals surface area contributed by atoms with Crippen molar-refractivity contribution in [1.29, 1.82) is 0 Å². The second-order valence-corrected chi connectivity index (χ2v) is 24.3. The Bertz CT molecular complexity index is 3550. The van der Waals surface area contributed by atoms with Crippen LogP contribution in [0.5, 0.6) is 0 Å². The van der Waals surface area contributed by atoms with Gasteiger partial charge < -0.3 is 13.8 Å². The number of hydrogen-bond acceptors (Lipinski definition) is 2. The Kier molecular flexibility index (Phi) is 7.89. The number of para-hydroxylation sites is 1. The van der Waals surface area contributed by atoms with E-state index in [-0.39, 0.29) is 33.9 Å². The van der Waals surface area contributed by atoms with E-state index in [2.05, 4.69) is 222 Å². The molecule has 324 valence electrons. The molecule has 0 saturated heterocycles. The van der Waals surface area contributed by atoms with Crippen LogP contribution in [0, 0.1) is 0 Å². The molecule has 2 aliphatic heterocycles. The number of anilines is 2. The van der Waals surface area contributed by atoms with Crippen LogP contribution >= 0.6 is 0 Å². The van der Waals surface area contributed by atoms with Crippen molar-refractivity contribution in [2.45, 2.75) is 124 Å². The van der Waals surface area contributed by atoms with Crippen LogP contribution in [0.2, 0.25) is 0 Å². The number of fused-ring (bicyclic) bond motifs is 16. The summed E-state index contributed by atoms with van der Waals surface area (Å²) in [4.78, 5) is 2.71. The Hall–Kier alpha value is -6.00. The molecule has 4 heteroatoms. The van der Waals surface area contributed by atoms with Crippen molar-refractivity contribution in [3.05, 3.63) is 149 Å². The lowest BCUT2D eigenvalue weighted by Gasteiger charge is -2.43. The van der Waals surface area contributed by atoms with E-state index in [0.29, 0.717) is 0 Å². The van der Waals surface area contributed by atoms with E-state index in [1.54, 1.807) is 0 Å². The molecule has 3 aliphatic rings. The number of hydrogen-bond donors (Lipinski definition) is 0. The van der Waals surface area contributed by atoms with Gasteiger partial charge >= 0.3 is 6.85 Å². The lowest BCUT2D eigenvalue weighted by molar-refractivity contribution is 0.584. The number of aromatic nitrogens is 1. The molecule has 65 heavy (non-hydrogen) atoms. The van der Waals surface area contributed by atoms with Gasteiger partial charge in [-0.3, -0.25) is 0 Å². The fraction of sp³-hybridized carbons (Fsp3) is 0.311. The topological polar surface area (TPSA) is 21.3 Å². The quantitative estimate of drug-likeness (QED) is 0.154. The summed E-state index contributed by atoms with van der Waals surface area (Å²) in [6.07, 6.45) is 0. The van der Waals surface area contributed by atoms with Gasteiger partial charge in [0, 0.05) is 55.1 Å². The molecule has 1 aliphatic carbocycles. The largest absolute Gasteiger partial charge is 0.455 e. The van der Waals surface area contributed by atoms with Crippen LogP contribution in [-0.2, 0) is 27.1 Å². The maximum absolute atomic E-state index is 7.36. The highest BCUT2D eigenvalue weighted by atomic mass is 16.3. The van der Waals surface area contributed by atoms with E-state index in [1.165, 1.54) is 116 Å². The van der Waals surface area contributed by atoms with E-state index in [0.717, 1.165) is 11.2 Å². The highest BCUT2D eigenvalue weighted by Crippen LogP contribution is 2.57. The zero-order chi connectivity index (χ0) is 45.7. The molecule has 2 aromatic heterocycles. The monoisotopic (exact) mass is 848 g/mol. The van der Waals surface area contributed by atoms with Gasteiger partial charge in [0.15, 0.2) is 0 Å². The molecule has 0 unspecified atom stereocenters. The molecule has 7 aromatic carbocycles. The summed E-state index contributed by atoms with van der Waals surface area (Å²) in [6.45, 7) is 32.7. The highest BCUT2D eigenvalue weighted by Gasteiger charge is 2.48. The first-order chi connectivity index (χ1) is 30.5. The predicted molar refractivity (Wildman–Crippen MR) is 279 cm³/mol. The molecule has 0 atom stereocenters. The van der Waals surface area contributed by atoms with Gasteiger partial charge in [0.25, 0.3) is 0 Å². The second-order valence-electron chi connectivity index (χ2n) is 24.3. The van der Waals surface area contributed by atoms with E-state index in [9.17, 15) is 0 Å². The molecule has 3 nitrogen and oxygen atoms in total. The summed E-state index contributed by atoms with van der Waals surface area (Å²) in [5, 5.41) is 4.95. The number of benzene rings is 7. The fourth-order valence-corrected chi connectivity index (χ4v) is 11.8.